The molecule has 0 unspecified atom stereocenters. The van der Waals surface area contributed by atoms with Crippen LogP contribution in [-0.4, -0.2) is 32.9 Å². The SMILES string of the molecule is CNC(=O)c1ccc(-n2cc(Br)c(N)n2)nn1. The molecule has 0 radical (unpaired) electrons. The number of aromatic nitrogens is 4. The zero-order valence-corrected chi connectivity index (χ0v) is 10.5. The van der Waals surface area contributed by atoms with Crippen LogP contribution in [0, 0.1) is 0 Å². The molecule has 3 N–H and O–H groups in total. The summed E-state index contributed by atoms with van der Waals surface area (Å²) in [6.45, 7) is 0. The van der Waals surface area contributed by atoms with Crippen molar-refractivity contribution in [3.05, 3.63) is 28.5 Å². The van der Waals surface area contributed by atoms with Crippen molar-refractivity contribution in [2.24, 2.45) is 0 Å². The van der Waals surface area contributed by atoms with Crippen LogP contribution in [0.25, 0.3) is 5.82 Å². The van der Waals surface area contributed by atoms with E-state index in [0.29, 0.717) is 16.1 Å². The topological polar surface area (TPSA) is 98.7 Å². The molecule has 7 nitrogen and oxygen atoms in total. The second-order valence-corrected chi connectivity index (χ2v) is 4.02. The molecule has 2 aromatic rings. The number of hydrogen-bond donors (Lipinski definition) is 2. The summed E-state index contributed by atoms with van der Waals surface area (Å²) >= 11 is 3.24. The molecular weight excluding hydrogens is 288 g/mol. The fraction of sp³-hybridized carbons (Fsp3) is 0.111. The highest BCUT2D eigenvalue weighted by molar-refractivity contribution is 9.10. The van der Waals surface area contributed by atoms with Gasteiger partial charge in [0.05, 0.1) is 4.47 Å². The summed E-state index contributed by atoms with van der Waals surface area (Å²) in [5, 5.41) is 14.2. The van der Waals surface area contributed by atoms with Crippen LogP contribution in [0.15, 0.2) is 22.8 Å². The highest BCUT2D eigenvalue weighted by atomic mass is 79.9. The number of carbonyl (C=O) groups is 1. The average Bonchev–Trinajstić information content (AvgIpc) is 2.69. The minimum atomic E-state index is -0.287. The van der Waals surface area contributed by atoms with Crippen LogP contribution < -0.4 is 11.1 Å². The summed E-state index contributed by atoms with van der Waals surface area (Å²) in [5.41, 5.74) is 5.83. The number of carbonyl (C=O) groups excluding carboxylic acids is 1. The van der Waals surface area contributed by atoms with Gasteiger partial charge in [0.1, 0.15) is 0 Å². The Bertz CT molecular complexity index is 530. The van der Waals surface area contributed by atoms with Crippen molar-refractivity contribution in [2.75, 3.05) is 12.8 Å². The van der Waals surface area contributed by atoms with Gasteiger partial charge in [-0.25, -0.2) is 4.68 Å². The molecule has 88 valence electrons. The molecule has 2 rings (SSSR count). The van der Waals surface area contributed by atoms with Crippen molar-refractivity contribution in [3.8, 4) is 5.82 Å². The number of hydrogen-bond acceptors (Lipinski definition) is 5. The normalized spacial score (nSPS) is 10.2. The highest BCUT2D eigenvalue weighted by Crippen LogP contribution is 2.18. The van der Waals surface area contributed by atoms with E-state index < -0.39 is 0 Å². The number of amides is 1. The van der Waals surface area contributed by atoms with Gasteiger partial charge in [-0.05, 0) is 28.1 Å². The van der Waals surface area contributed by atoms with Crippen molar-refractivity contribution in [2.45, 2.75) is 0 Å². The Labute approximate surface area is 105 Å². The maximum atomic E-state index is 11.3. The standard InChI is InChI=1S/C9H9BrN6O/c1-12-9(17)6-2-3-7(14-13-6)16-4-5(10)8(11)15-16/h2-4H,1H3,(H2,11,15)(H,12,17). The molecule has 0 aliphatic carbocycles. The summed E-state index contributed by atoms with van der Waals surface area (Å²) in [7, 11) is 1.53. The molecule has 0 saturated carbocycles. The van der Waals surface area contributed by atoms with Gasteiger partial charge in [-0.1, -0.05) is 0 Å². The third-order valence-corrected chi connectivity index (χ3v) is 2.65. The molecule has 0 spiro atoms. The van der Waals surface area contributed by atoms with Crippen molar-refractivity contribution < 1.29 is 4.79 Å². The largest absolute Gasteiger partial charge is 0.381 e. The Hall–Kier alpha value is -1.96. The molecule has 0 fully saturated rings. The van der Waals surface area contributed by atoms with Gasteiger partial charge in [0, 0.05) is 13.2 Å². The molecule has 0 saturated heterocycles. The lowest BCUT2D eigenvalue weighted by Crippen LogP contribution is -2.19. The predicted molar refractivity (Wildman–Crippen MR) is 64.7 cm³/mol. The summed E-state index contributed by atoms with van der Waals surface area (Å²) in [5.74, 6) is 0.558. The number of nitrogens with zero attached hydrogens (tertiary/aromatic N) is 4. The number of nitrogens with two attached hydrogens (primary N) is 1. The number of rotatable bonds is 2. The first-order valence-corrected chi connectivity index (χ1v) is 5.48. The molecule has 17 heavy (non-hydrogen) atoms. The van der Waals surface area contributed by atoms with E-state index in [1.807, 2.05) is 0 Å². The molecule has 0 aliphatic rings. The van der Waals surface area contributed by atoms with Crippen LogP contribution >= 0.6 is 15.9 Å². The molecule has 0 aliphatic heterocycles. The van der Waals surface area contributed by atoms with Gasteiger partial charge in [0.15, 0.2) is 17.3 Å². The van der Waals surface area contributed by atoms with Gasteiger partial charge >= 0.3 is 0 Å². The van der Waals surface area contributed by atoms with Crippen LogP contribution in [0.3, 0.4) is 0 Å². The molecule has 2 heterocycles. The Morgan fingerprint density at radius 1 is 1.47 bits per heavy atom. The van der Waals surface area contributed by atoms with E-state index in [1.54, 1.807) is 18.3 Å². The van der Waals surface area contributed by atoms with Crippen LogP contribution in [0.1, 0.15) is 10.5 Å². The van der Waals surface area contributed by atoms with Gasteiger partial charge < -0.3 is 11.1 Å². The number of anilines is 1. The van der Waals surface area contributed by atoms with Crippen LogP contribution in [-0.2, 0) is 0 Å². The van der Waals surface area contributed by atoms with Crippen molar-refractivity contribution >= 4 is 27.7 Å². The minimum Gasteiger partial charge on any atom is -0.381 e. The zero-order valence-electron chi connectivity index (χ0n) is 8.88. The smallest absolute Gasteiger partial charge is 0.271 e. The quantitative estimate of drug-likeness (QED) is 0.834. The first-order valence-electron chi connectivity index (χ1n) is 4.68. The molecule has 8 heteroatoms. The van der Waals surface area contributed by atoms with Gasteiger partial charge in [0.2, 0.25) is 0 Å². The third kappa shape index (κ3) is 2.26. The first kappa shape index (κ1) is 11.5. The maximum absolute atomic E-state index is 11.3. The molecule has 0 bridgehead atoms. The maximum Gasteiger partial charge on any atom is 0.271 e. The van der Waals surface area contributed by atoms with E-state index >= 15 is 0 Å². The Balaban J connectivity index is 2.32. The van der Waals surface area contributed by atoms with Crippen LogP contribution in [0.2, 0.25) is 0 Å². The van der Waals surface area contributed by atoms with Crippen molar-refractivity contribution in [1.82, 2.24) is 25.3 Å². The van der Waals surface area contributed by atoms with E-state index in [0.717, 1.165) is 0 Å². The van der Waals surface area contributed by atoms with Crippen LogP contribution in [0.5, 0.6) is 0 Å². The Morgan fingerprint density at radius 2 is 2.24 bits per heavy atom. The van der Waals surface area contributed by atoms with Crippen LogP contribution in [0.4, 0.5) is 5.82 Å². The monoisotopic (exact) mass is 296 g/mol. The van der Waals surface area contributed by atoms with E-state index in [2.05, 4.69) is 36.5 Å². The molecule has 0 aromatic carbocycles. The summed E-state index contributed by atoms with van der Waals surface area (Å²) in [6, 6.07) is 3.20. The van der Waals surface area contributed by atoms with Gasteiger partial charge in [0.25, 0.3) is 5.91 Å². The number of nitrogen functional groups attached to an aromatic ring is 1. The lowest BCUT2D eigenvalue weighted by Gasteiger charge is -2.00. The fourth-order valence-corrected chi connectivity index (χ4v) is 1.45. The second-order valence-electron chi connectivity index (χ2n) is 3.16. The van der Waals surface area contributed by atoms with Gasteiger partial charge in [-0.15, -0.1) is 15.3 Å². The van der Waals surface area contributed by atoms with Gasteiger partial charge in [-0.3, -0.25) is 4.79 Å². The fourth-order valence-electron chi connectivity index (χ4n) is 1.18. The number of halogens is 1. The predicted octanol–water partition coefficient (Wildman–Crippen LogP) is 0.367. The zero-order chi connectivity index (χ0) is 12.4. The van der Waals surface area contributed by atoms with Crippen molar-refractivity contribution in [1.29, 1.82) is 0 Å². The van der Waals surface area contributed by atoms with E-state index in [1.165, 1.54) is 11.7 Å². The number of nitrogens with one attached hydrogen (secondary N) is 1. The Kier molecular flexibility index (Phi) is 3.05. The lowest BCUT2D eigenvalue weighted by molar-refractivity contribution is 0.0957. The second kappa shape index (κ2) is 4.50. The Morgan fingerprint density at radius 3 is 2.71 bits per heavy atom. The first-order chi connectivity index (χ1) is 8.11. The minimum absolute atomic E-state index is 0.246. The highest BCUT2D eigenvalue weighted by Gasteiger charge is 2.08. The summed E-state index contributed by atoms with van der Waals surface area (Å²) in [4.78, 5) is 11.3. The third-order valence-electron chi connectivity index (χ3n) is 2.04. The van der Waals surface area contributed by atoms with E-state index in [9.17, 15) is 4.79 Å². The average molecular weight is 297 g/mol. The summed E-state index contributed by atoms with van der Waals surface area (Å²) < 4.78 is 2.15. The van der Waals surface area contributed by atoms with Crippen molar-refractivity contribution in [3.63, 3.8) is 0 Å². The molecule has 2 aromatic heterocycles. The summed E-state index contributed by atoms with van der Waals surface area (Å²) in [6.07, 6.45) is 1.67. The van der Waals surface area contributed by atoms with Gasteiger partial charge in [-0.2, -0.15) is 0 Å². The van der Waals surface area contributed by atoms with E-state index in [4.69, 9.17) is 5.73 Å². The lowest BCUT2D eigenvalue weighted by atomic mass is 10.3. The van der Waals surface area contributed by atoms with E-state index in [-0.39, 0.29) is 11.6 Å². The molecule has 0 atom stereocenters. The molecular formula is C9H9BrN6O. The molecule has 1 amide bonds.